The summed E-state index contributed by atoms with van der Waals surface area (Å²) >= 11 is 1.07. The van der Waals surface area contributed by atoms with E-state index >= 15 is 0 Å². The van der Waals surface area contributed by atoms with Crippen molar-refractivity contribution in [3.05, 3.63) is 59.0 Å². The lowest BCUT2D eigenvalue weighted by Crippen LogP contribution is -2.12. The van der Waals surface area contributed by atoms with Crippen molar-refractivity contribution < 1.29 is 23.8 Å². The first-order valence-corrected chi connectivity index (χ1v) is 9.65. The van der Waals surface area contributed by atoms with E-state index in [1.807, 2.05) is 30.3 Å². The number of benzene rings is 2. The lowest BCUT2D eigenvalue weighted by molar-refractivity contribution is 0.0532. The molecule has 7 nitrogen and oxygen atoms in total. The van der Waals surface area contributed by atoms with Crippen LogP contribution in [0.1, 0.15) is 27.0 Å². The average Bonchev–Trinajstić information content (AvgIpc) is 3.18. The Kier molecular flexibility index (Phi) is 6.46. The van der Waals surface area contributed by atoms with Crippen LogP contribution in [0.4, 0.5) is 5.13 Å². The Balaban J connectivity index is 1.93. The Morgan fingerprint density at radius 2 is 1.69 bits per heavy atom. The van der Waals surface area contributed by atoms with E-state index < -0.39 is 11.9 Å². The molecule has 0 saturated heterocycles. The molecule has 0 aliphatic rings. The molecule has 2 aromatic carbocycles. The molecule has 0 saturated carbocycles. The first-order valence-electron chi connectivity index (χ1n) is 8.83. The van der Waals surface area contributed by atoms with Crippen molar-refractivity contribution >= 4 is 28.3 Å². The third-order valence-corrected chi connectivity index (χ3v) is 4.92. The van der Waals surface area contributed by atoms with Gasteiger partial charge in [0.15, 0.2) is 5.13 Å². The summed E-state index contributed by atoms with van der Waals surface area (Å²) in [5.41, 5.74) is 1.57. The summed E-state index contributed by atoms with van der Waals surface area (Å²) in [6.45, 7) is 1.98. The molecule has 1 aromatic heterocycles. The number of methoxy groups -OCH3 is 2. The highest BCUT2D eigenvalue weighted by atomic mass is 32.1. The van der Waals surface area contributed by atoms with Gasteiger partial charge in [-0.3, -0.25) is 10.1 Å². The van der Waals surface area contributed by atoms with Gasteiger partial charge in [0.05, 0.1) is 26.5 Å². The minimum Gasteiger partial charge on any atom is -0.497 e. The summed E-state index contributed by atoms with van der Waals surface area (Å²) in [6.07, 6.45) is 0. The van der Waals surface area contributed by atoms with E-state index in [9.17, 15) is 9.59 Å². The summed E-state index contributed by atoms with van der Waals surface area (Å²) in [4.78, 5) is 29.9. The number of esters is 1. The maximum atomic E-state index is 12.7. The molecule has 150 valence electrons. The molecule has 0 unspecified atom stereocenters. The molecule has 0 bridgehead atoms. The molecular formula is C21H20N2O5S. The van der Waals surface area contributed by atoms with Crippen molar-refractivity contribution in [3.63, 3.8) is 0 Å². The van der Waals surface area contributed by atoms with Gasteiger partial charge in [0.25, 0.3) is 5.91 Å². The summed E-state index contributed by atoms with van der Waals surface area (Å²) in [5, 5.41) is 3.03. The molecule has 3 rings (SSSR count). The Hall–Kier alpha value is -3.39. The SMILES string of the molecule is CCOC(=O)c1sc(NC(=O)c2cc(OC)cc(OC)c2)nc1-c1ccccc1. The second-order valence-corrected chi connectivity index (χ2v) is 6.84. The number of thiazole rings is 1. The van der Waals surface area contributed by atoms with Crippen LogP contribution in [0.5, 0.6) is 11.5 Å². The van der Waals surface area contributed by atoms with Gasteiger partial charge in [0.1, 0.15) is 16.4 Å². The highest BCUT2D eigenvalue weighted by Gasteiger charge is 2.22. The first kappa shape index (κ1) is 20.3. The highest BCUT2D eigenvalue weighted by Crippen LogP contribution is 2.32. The molecule has 0 fully saturated rings. The zero-order valence-electron chi connectivity index (χ0n) is 16.2. The number of ether oxygens (including phenoxy) is 3. The number of nitrogens with zero attached hydrogens (tertiary/aromatic N) is 1. The number of carbonyl (C=O) groups excluding carboxylic acids is 2. The smallest absolute Gasteiger partial charge is 0.350 e. The van der Waals surface area contributed by atoms with Gasteiger partial charge in [-0.05, 0) is 19.1 Å². The number of nitrogens with one attached hydrogen (secondary N) is 1. The Morgan fingerprint density at radius 1 is 1.03 bits per heavy atom. The number of amides is 1. The Morgan fingerprint density at radius 3 is 2.28 bits per heavy atom. The van der Waals surface area contributed by atoms with Gasteiger partial charge in [-0.1, -0.05) is 41.7 Å². The van der Waals surface area contributed by atoms with Crippen molar-refractivity contribution in [2.45, 2.75) is 6.92 Å². The Labute approximate surface area is 172 Å². The topological polar surface area (TPSA) is 86.8 Å². The number of aromatic nitrogens is 1. The highest BCUT2D eigenvalue weighted by molar-refractivity contribution is 7.18. The summed E-state index contributed by atoms with van der Waals surface area (Å²) in [7, 11) is 3.02. The van der Waals surface area contributed by atoms with Gasteiger partial charge < -0.3 is 14.2 Å². The first-order chi connectivity index (χ1) is 14.0. The molecule has 0 aliphatic heterocycles. The van der Waals surface area contributed by atoms with Gasteiger partial charge in [-0.15, -0.1) is 0 Å². The molecule has 1 heterocycles. The standard InChI is InChI=1S/C21H20N2O5S/c1-4-28-20(25)18-17(13-8-6-5-7-9-13)22-21(29-18)23-19(24)14-10-15(26-2)12-16(11-14)27-3/h5-12H,4H2,1-3H3,(H,22,23,24). The average molecular weight is 412 g/mol. The lowest BCUT2D eigenvalue weighted by Gasteiger charge is -2.08. The van der Waals surface area contributed by atoms with Crippen molar-refractivity contribution in [1.29, 1.82) is 0 Å². The van der Waals surface area contributed by atoms with Crippen molar-refractivity contribution in [1.82, 2.24) is 4.98 Å². The van der Waals surface area contributed by atoms with E-state index in [2.05, 4.69) is 10.3 Å². The van der Waals surface area contributed by atoms with Gasteiger partial charge in [0.2, 0.25) is 0 Å². The molecule has 0 atom stereocenters. The predicted octanol–water partition coefficient (Wildman–Crippen LogP) is 4.26. The van der Waals surface area contributed by atoms with Crippen molar-refractivity contribution in [2.75, 3.05) is 26.1 Å². The van der Waals surface area contributed by atoms with Crippen LogP contribution >= 0.6 is 11.3 Å². The summed E-state index contributed by atoms with van der Waals surface area (Å²) in [5.74, 6) is 0.107. The van der Waals surface area contributed by atoms with E-state index in [1.165, 1.54) is 14.2 Å². The summed E-state index contributed by atoms with van der Waals surface area (Å²) in [6, 6.07) is 14.1. The van der Waals surface area contributed by atoms with E-state index in [1.54, 1.807) is 25.1 Å². The number of hydrogen-bond donors (Lipinski definition) is 1. The molecule has 0 aliphatic carbocycles. The molecule has 1 amide bonds. The minimum absolute atomic E-state index is 0.246. The number of hydrogen-bond acceptors (Lipinski definition) is 7. The van der Waals surface area contributed by atoms with E-state index in [4.69, 9.17) is 14.2 Å². The molecule has 29 heavy (non-hydrogen) atoms. The largest absolute Gasteiger partial charge is 0.497 e. The van der Waals surface area contributed by atoms with E-state index in [-0.39, 0.29) is 6.61 Å². The second kappa shape index (κ2) is 9.20. The van der Waals surface area contributed by atoms with Crippen LogP contribution in [0.3, 0.4) is 0 Å². The van der Waals surface area contributed by atoms with Crippen LogP contribution in [-0.2, 0) is 4.74 Å². The van der Waals surface area contributed by atoms with Gasteiger partial charge in [-0.25, -0.2) is 9.78 Å². The van der Waals surface area contributed by atoms with Gasteiger partial charge >= 0.3 is 5.97 Å². The van der Waals surface area contributed by atoms with E-state index in [0.29, 0.717) is 32.8 Å². The predicted molar refractivity (Wildman–Crippen MR) is 111 cm³/mol. The van der Waals surface area contributed by atoms with Crippen LogP contribution in [0.2, 0.25) is 0 Å². The maximum absolute atomic E-state index is 12.7. The fourth-order valence-corrected chi connectivity index (χ4v) is 3.48. The monoisotopic (exact) mass is 412 g/mol. The quantitative estimate of drug-likeness (QED) is 0.584. The Bertz CT molecular complexity index is 995. The maximum Gasteiger partial charge on any atom is 0.350 e. The zero-order chi connectivity index (χ0) is 20.8. The molecular weight excluding hydrogens is 392 g/mol. The normalized spacial score (nSPS) is 10.3. The second-order valence-electron chi connectivity index (χ2n) is 5.84. The van der Waals surface area contributed by atoms with Crippen LogP contribution < -0.4 is 14.8 Å². The van der Waals surface area contributed by atoms with Crippen molar-refractivity contribution in [2.24, 2.45) is 0 Å². The molecule has 0 spiro atoms. The van der Waals surface area contributed by atoms with Crippen molar-refractivity contribution in [3.8, 4) is 22.8 Å². The third-order valence-electron chi connectivity index (χ3n) is 3.97. The van der Waals surface area contributed by atoms with Gasteiger partial charge in [0, 0.05) is 17.2 Å². The molecule has 1 N–H and O–H groups in total. The fraction of sp³-hybridized carbons (Fsp3) is 0.190. The molecule has 8 heteroatoms. The van der Waals surface area contributed by atoms with Crippen LogP contribution in [0.15, 0.2) is 48.5 Å². The molecule has 0 radical (unpaired) electrons. The van der Waals surface area contributed by atoms with E-state index in [0.717, 1.165) is 16.9 Å². The number of anilines is 1. The lowest BCUT2D eigenvalue weighted by atomic mass is 10.1. The van der Waals surface area contributed by atoms with Crippen LogP contribution in [0.25, 0.3) is 11.3 Å². The minimum atomic E-state index is -0.479. The number of rotatable bonds is 7. The van der Waals surface area contributed by atoms with Crippen LogP contribution in [0, 0.1) is 0 Å². The van der Waals surface area contributed by atoms with Crippen LogP contribution in [-0.4, -0.2) is 37.7 Å². The number of carbonyl (C=O) groups is 2. The fourth-order valence-electron chi connectivity index (χ4n) is 2.61. The zero-order valence-corrected chi connectivity index (χ0v) is 17.0. The van der Waals surface area contributed by atoms with Gasteiger partial charge in [-0.2, -0.15) is 0 Å². The summed E-state index contributed by atoms with van der Waals surface area (Å²) < 4.78 is 15.5. The molecule has 3 aromatic rings. The third kappa shape index (κ3) is 4.72.